The van der Waals surface area contributed by atoms with Gasteiger partial charge >= 0.3 is 0 Å². The summed E-state index contributed by atoms with van der Waals surface area (Å²) in [6, 6.07) is 12.4. The smallest absolute Gasteiger partial charge is 0.270 e. The van der Waals surface area contributed by atoms with E-state index in [1.807, 2.05) is 18.2 Å². The summed E-state index contributed by atoms with van der Waals surface area (Å²) in [5.41, 5.74) is 5.31. The van der Waals surface area contributed by atoms with Crippen molar-refractivity contribution in [2.75, 3.05) is 20.2 Å². The van der Waals surface area contributed by atoms with E-state index in [-0.39, 0.29) is 11.9 Å². The Bertz CT molecular complexity index is 1200. The number of fused-ring (bicyclic) bond motifs is 4. The van der Waals surface area contributed by atoms with Crippen molar-refractivity contribution in [1.29, 1.82) is 0 Å². The largest absolute Gasteiger partial charge is 0.496 e. The number of likely N-dealkylation sites (tertiary alicyclic amines) is 1. The normalized spacial score (nSPS) is 24.1. The second kappa shape index (κ2) is 8.41. The number of carbonyl (C=O) groups is 1. The summed E-state index contributed by atoms with van der Waals surface area (Å²) in [6.07, 6.45) is 7.65. The van der Waals surface area contributed by atoms with E-state index in [2.05, 4.69) is 32.3 Å². The number of piperidine rings is 1. The zero-order valence-corrected chi connectivity index (χ0v) is 19.1. The van der Waals surface area contributed by atoms with Gasteiger partial charge in [0.15, 0.2) is 5.65 Å². The zero-order valence-electron chi connectivity index (χ0n) is 19.1. The number of benzene rings is 1. The molecule has 1 amide bonds. The van der Waals surface area contributed by atoms with Crippen molar-refractivity contribution < 1.29 is 9.53 Å². The van der Waals surface area contributed by atoms with Gasteiger partial charge in [0, 0.05) is 42.8 Å². The second-order valence-corrected chi connectivity index (χ2v) is 9.82. The summed E-state index contributed by atoms with van der Waals surface area (Å²) in [7, 11) is 1.78. The van der Waals surface area contributed by atoms with Crippen LogP contribution in [0.4, 0.5) is 0 Å². The minimum atomic E-state index is -0.0850. The monoisotopic (exact) mass is 442 g/mol. The lowest BCUT2D eigenvalue weighted by atomic mass is 9.91. The Balaban J connectivity index is 1.14. The summed E-state index contributed by atoms with van der Waals surface area (Å²) in [4.78, 5) is 24.3. The highest BCUT2D eigenvalue weighted by atomic mass is 16.5. The van der Waals surface area contributed by atoms with Crippen LogP contribution in [-0.4, -0.2) is 47.0 Å². The minimum Gasteiger partial charge on any atom is -0.496 e. The summed E-state index contributed by atoms with van der Waals surface area (Å²) in [5.74, 6) is 1.89. The van der Waals surface area contributed by atoms with Gasteiger partial charge in [-0.05, 0) is 85.4 Å². The maximum atomic E-state index is 13.0. The fraction of sp³-hybridized carbons (Fsp3) is 0.444. The van der Waals surface area contributed by atoms with E-state index in [1.54, 1.807) is 19.4 Å². The van der Waals surface area contributed by atoms with Crippen molar-refractivity contribution in [3.05, 3.63) is 65.0 Å². The molecule has 3 aliphatic rings. The second-order valence-electron chi connectivity index (χ2n) is 9.82. The molecule has 1 saturated carbocycles. The number of amides is 1. The first-order valence-corrected chi connectivity index (χ1v) is 12.1. The van der Waals surface area contributed by atoms with Gasteiger partial charge in [-0.15, -0.1) is 0 Å². The standard InChI is InChI=1S/C27H30N4O2/c1-33-24-13-19-5-2-4-18(19)12-22(24)16-31-14-20-7-8-21(15-31)25(20)30-27(32)23-10-9-17-6-3-11-28-26(17)29-23/h3,6,9-13,20-21,25H,2,4-5,7-8,14-16H2,1H3,(H,30,32)/t20-,21+,25?. The van der Waals surface area contributed by atoms with Crippen LogP contribution in [0.1, 0.15) is 46.4 Å². The Kier molecular flexibility index (Phi) is 5.25. The van der Waals surface area contributed by atoms with E-state index in [0.717, 1.165) is 30.8 Å². The van der Waals surface area contributed by atoms with Gasteiger partial charge in [0.25, 0.3) is 5.91 Å². The highest BCUT2D eigenvalue weighted by molar-refractivity contribution is 5.94. The number of aromatic nitrogens is 2. The molecule has 2 bridgehead atoms. The Morgan fingerprint density at radius 2 is 1.91 bits per heavy atom. The maximum Gasteiger partial charge on any atom is 0.270 e. The molecule has 2 fully saturated rings. The fourth-order valence-corrected chi connectivity index (χ4v) is 6.20. The van der Waals surface area contributed by atoms with Crippen molar-refractivity contribution in [1.82, 2.24) is 20.2 Å². The Hall–Kier alpha value is -2.99. The third-order valence-corrected chi connectivity index (χ3v) is 7.79. The summed E-state index contributed by atoms with van der Waals surface area (Å²) in [6.45, 7) is 2.94. The Morgan fingerprint density at radius 1 is 1.12 bits per heavy atom. The molecule has 2 aromatic heterocycles. The average Bonchev–Trinajstić information content (AvgIpc) is 3.38. The first-order chi connectivity index (χ1) is 16.2. The molecule has 6 heteroatoms. The molecule has 1 saturated heterocycles. The van der Waals surface area contributed by atoms with Crippen molar-refractivity contribution in [3.63, 3.8) is 0 Å². The molecule has 1 unspecified atom stereocenters. The predicted octanol–water partition coefficient (Wildman–Crippen LogP) is 3.77. The highest BCUT2D eigenvalue weighted by Gasteiger charge is 2.43. The molecular formula is C27H30N4O2. The van der Waals surface area contributed by atoms with Gasteiger partial charge < -0.3 is 10.1 Å². The summed E-state index contributed by atoms with van der Waals surface area (Å²) in [5, 5.41) is 4.27. The van der Waals surface area contributed by atoms with E-state index >= 15 is 0 Å². The number of methoxy groups -OCH3 is 1. The average molecular weight is 443 g/mol. The lowest BCUT2D eigenvalue weighted by Crippen LogP contribution is -2.52. The van der Waals surface area contributed by atoms with Crippen molar-refractivity contribution in [3.8, 4) is 5.75 Å². The quantitative estimate of drug-likeness (QED) is 0.652. The highest BCUT2D eigenvalue weighted by Crippen LogP contribution is 2.39. The van der Waals surface area contributed by atoms with Gasteiger partial charge in [-0.1, -0.05) is 6.07 Å². The van der Waals surface area contributed by atoms with E-state index in [9.17, 15) is 4.79 Å². The number of ether oxygens (including phenoxy) is 1. The molecule has 0 spiro atoms. The number of aryl methyl sites for hydroxylation is 2. The third-order valence-electron chi connectivity index (χ3n) is 7.79. The van der Waals surface area contributed by atoms with Gasteiger partial charge in [0.1, 0.15) is 11.4 Å². The van der Waals surface area contributed by atoms with Gasteiger partial charge in [-0.2, -0.15) is 0 Å². The van der Waals surface area contributed by atoms with Crippen LogP contribution in [0.2, 0.25) is 0 Å². The molecule has 6 rings (SSSR count). The summed E-state index contributed by atoms with van der Waals surface area (Å²) >= 11 is 0. The van der Waals surface area contributed by atoms with Crippen LogP contribution in [0, 0.1) is 11.8 Å². The van der Waals surface area contributed by atoms with Crippen molar-refractivity contribution in [2.45, 2.75) is 44.7 Å². The molecule has 1 N–H and O–H groups in total. The number of rotatable bonds is 5. The molecule has 6 nitrogen and oxygen atoms in total. The number of nitrogens with one attached hydrogen (secondary N) is 1. The predicted molar refractivity (Wildman–Crippen MR) is 127 cm³/mol. The zero-order chi connectivity index (χ0) is 22.4. The molecule has 3 heterocycles. The van der Waals surface area contributed by atoms with Crippen LogP contribution >= 0.6 is 0 Å². The molecule has 170 valence electrons. The van der Waals surface area contributed by atoms with E-state index in [4.69, 9.17) is 4.74 Å². The summed E-state index contributed by atoms with van der Waals surface area (Å²) < 4.78 is 5.74. The molecule has 1 aromatic carbocycles. The first-order valence-electron chi connectivity index (χ1n) is 12.1. The molecule has 3 aromatic rings. The van der Waals surface area contributed by atoms with Crippen LogP contribution in [0.15, 0.2) is 42.6 Å². The van der Waals surface area contributed by atoms with Crippen molar-refractivity contribution >= 4 is 16.9 Å². The molecule has 1 aliphatic heterocycles. The van der Waals surface area contributed by atoms with E-state index < -0.39 is 0 Å². The number of nitrogens with zero attached hydrogens (tertiary/aromatic N) is 3. The fourth-order valence-electron chi connectivity index (χ4n) is 6.20. The van der Waals surface area contributed by atoms with Gasteiger partial charge in [0.2, 0.25) is 0 Å². The van der Waals surface area contributed by atoms with Gasteiger partial charge in [0.05, 0.1) is 7.11 Å². The topological polar surface area (TPSA) is 67.3 Å². The van der Waals surface area contributed by atoms with E-state index in [0.29, 0.717) is 23.2 Å². The van der Waals surface area contributed by atoms with Crippen molar-refractivity contribution in [2.24, 2.45) is 11.8 Å². The number of hydrogen-bond acceptors (Lipinski definition) is 5. The van der Waals surface area contributed by atoms with Crippen LogP contribution in [0.3, 0.4) is 0 Å². The molecule has 2 aliphatic carbocycles. The molecular weight excluding hydrogens is 412 g/mol. The van der Waals surface area contributed by atoms with Gasteiger partial charge in [-0.25, -0.2) is 9.97 Å². The minimum absolute atomic E-state index is 0.0850. The molecule has 3 atom stereocenters. The Labute approximate surface area is 194 Å². The lowest BCUT2D eigenvalue weighted by Gasteiger charge is -2.38. The van der Waals surface area contributed by atoms with E-state index in [1.165, 1.54) is 48.8 Å². The van der Waals surface area contributed by atoms with Crippen LogP contribution in [0.5, 0.6) is 5.75 Å². The maximum absolute atomic E-state index is 13.0. The number of carbonyl (C=O) groups excluding carboxylic acids is 1. The number of pyridine rings is 2. The first kappa shape index (κ1) is 20.6. The van der Waals surface area contributed by atoms with Gasteiger partial charge in [-0.3, -0.25) is 9.69 Å². The SMILES string of the molecule is COc1cc2c(cc1CN1C[C@H]3CC[C@@H](C1)C3NC(=O)c1ccc3cccnc3n1)CCC2. The Morgan fingerprint density at radius 3 is 2.70 bits per heavy atom. The number of hydrogen-bond donors (Lipinski definition) is 1. The molecule has 33 heavy (non-hydrogen) atoms. The molecule has 0 radical (unpaired) electrons. The van der Waals surface area contributed by atoms with Crippen LogP contribution in [-0.2, 0) is 19.4 Å². The van der Waals surface area contributed by atoms with Crippen LogP contribution in [0.25, 0.3) is 11.0 Å². The lowest BCUT2D eigenvalue weighted by molar-refractivity contribution is 0.0819. The van der Waals surface area contributed by atoms with Crippen LogP contribution < -0.4 is 10.1 Å². The third kappa shape index (κ3) is 3.86.